The van der Waals surface area contributed by atoms with Crippen LogP contribution in [0.2, 0.25) is 0 Å². The van der Waals surface area contributed by atoms with E-state index in [0.29, 0.717) is 16.8 Å². The molecule has 0 saturated carbocycles. The number of likely N-dealkylation sites (tertiary alicyclic amines) is 1. The minimum atomic E-state index is -0.367. The van der Waals surface area contributed by atoms with Crippen molar-refractivity contribution in [1.29, 1.82) is 0 Å². The molecule has 1 fully saturated rings. The van der Waals surface area contributed by atoms with Crippen LogP contribution in [0.1, 0.15) is 24.4 Å². The number of nitrogens with zero attached hydrogens (tertiary/aromatic N) is 1. The minimum absolute atomic E-state index is 0.0418. The number of benzene rings is 2. The highest BCUT2D eigenvalue weighted by molar-refractivity contribution is 9.10. The van der Waals surface area contributed by atoms with Crippen molar-refractivity contribution in [2.75, 3.05) is 33.4 Å². The molecular formula is C21H24BrFN2O3. The van der Waals surface area contributed by atoms with E-state index in [9.17, 15) is 9.18 Å². The van der Waals surface area contributed by atoms with Crippen LogP contribution in [0.15, 0.2) is 46.9 Å². The third-order valence-electron chi connectivity index (χ3n) is 4.82. The van der Waals surface area contributed by atoms with Crippen LogP contribution in [-0.2, 0) is 4.79 Å². The van der Waals surface area contributed by atoms with E-state index in [4.69, 9.17) is 9.47 Å². The van der Waals surface area contributed by atoms with Crippen molar-refractivity contribution in [1.82, 2.24) is 10.2 Å². The molecule has 3 rings (SSSR count). The highest BCUT2D eigenvalue weighted by atomic mass is 79.9. The number of rotatable bonds is 8. The van der Waals surface area contributed by atoms with E-state index in [0.717, 1.165) is 37.2 Å². The van der Waals surface area contributed by atoms with E-state index in [-0.39, 0.29) is 24.4 Å². The summed E-state index contributed by atoms with van der Waals surface area (Å²) in [6, 6.07) is 12.0. The van der Waals surface area contributed by atoms with E-state index < -0.39 is 0 Å². The molecule has 2 aromatic carbocycles. The Morgan fingerprint density at radius 1 is 1.21 bits per heavy atom. The number of ether oxygens (including phenoxy) is 2. The Kier molecular flexibility index (Phi) is 7.28. The van der Waals surface area contributed by atoms with Gasteiger partial charge in [-0.25, -0.2) is 4.39 Å². The number of para-hydroxylation sites is 1. The average molecular weight is 451 g/mol. The maximum absolute atomic E-state index is 13.1. The van der Waals surface area contributed by atoms with E-state index in [1.165, 1.54) is 18.2 Å². The molecule has 1 aliphatic rings. The largest absolute Gasteiger partial charge is 0.496 e. The Labute approximate surface area is 172 Å². The summed E-state index contributed by atoms with van der Waals surface area (Å²) in [6.07, 6.45) is 2.31. The zero-order chi connectivity index (χ0) is 19.9. The zero-order valence-electron chi connectivity index (χ0n) is 15.8. The molecule has 5 nitrogen and oxygen atoms in total. The van der Waals surface area contributed by atoms with Gasteiger partial charge in [0.1, 0.15) is 17.3 Å². The lowest BCUT2D eigenvalue weighted by Crippen LogP contribution is -2.38. The SMILES string of the molecule is COc1ccccc1C(CNC(=O)COc1ccc(F)cc1Br)N1CCCC1. The van der Waals surface area contributed by atoms with Crippen LogP contribution in [0.25, 0.3) is 0 Å². The van der Waals surface area contributed by atoms with Crippen LogP contribution >= 0.6 is 15.9 Å². The summed E-state index contributed by atoms with van der Waals surface area (Å²) in [5.41, 5.74) is 1.06. The van der Waals surface area contributed by atoms with Gasteiger partial charge in [-0.15, -0.1) is 0 Å². The Bertz CT molecular complexity index is 812. The summed E-state index contributed by atoms with van der Waals surface area (Å²) in [5.74, 6) is 0.654. The van der Waals surface area contributed by atoms with Crippen LogP contribution in [-0.4, -0.2) is 44.2 Å². The molecule has 2 aromatic rings. The van der Waals surface area contributed by atoms with Crippen molar-refractivity contribution in [2.24, 2.45) is 0 Å². The van der Waals surface area contributed by atoms with E-state index >= 15 is 0 Å². The molecule has 0 bridgehead atoms. The second-order valence-electron chi connectivity index (χ2n) is 6.67. The molecule has 1 amide bonds. The van der Waals surface area contributed by atoms with Gasteiger partial charge < -0.3 is 14.8 Å². The van der Waals surface area contributed by atoms with E-state index in [1.54, 1.807) is 7.11 Å². The fourth-order valence-electron chi connectivity index (χ4n) is 3.43. The van der Waals surface area contributed by atoms with Crippen molar-refractivity contribution in [3.63, 3.8) is 0 Å². The summed E-state index contributed by atoms with van der Waals surface area (Å²) < 4.78 is 24.6. The molecule has 150 valence electrons. The van der Waals surface area contributed by atoms with Crippen molar-refractivity contribution < 1.29 is 18.7 Å². The third kappa shape index (κ3) is 5.23. The van der Waals surface area contributed by atoms with Crippen molar-refractivity contribution in [3.05, 3.63) is 58.3 Å². The second kappa shape index (κ2) is 9.89. The summed E-state index contributed by atoms with van der Waals surface area (Å²) >= 11 is 3.23. The van der Waals surface area contributed by atoms with Gasteiger partial charge in [0.05, 0.1) is 17.6 Å². The first kappa shape index (κ1) is 20.6. The van der Waals surface area contributed by atoms with Gasteiger partial charge in [-0.1, -0.05) is 18.2 Å². The molecule has 0 spiro atoms. The summed E-state index contributed by atoms with van der Waals surface area (Å²) in [4.78, 5) is 14.7. The average Bonchev–Trinajstić information content (AvgIpc) is 3.22. The van der Waals surface area contributed by atoms with E-state index in [1.807, 2.05) is 24.3 Å². The standard InChI is InChI=1S/C21H24BrFN2O3/c1-27-19-7-3-2-6-16(19)18(25-10-4-5-11-25)13-24-21(26)14-28-20-9-8-15(23)12-17(20)22/h2-3,6-9,12,18H,4-5,10-11,13-14H2,1H3,(H,24,26). The lowest BCUT2D eigenvalue weighted by Gasteiger charge is -2.29. The molecule has 0 radical (unpaired) electrons. The number of hydrogen-bond donors (Lipinski definition) is 1. The topological polar surface area (TPSA) is 50.8 Å². The molecule has 1 N–H and O–H groups in total. The quantitative estimate of drug-likeness (QED) is 0.661. The third-order valence-corrected chi connectivity index (χ3v) is 5.44. The predicted octanol–water partition coefficient (Wildman–Crippen LogP) is 3.93. The number of methoxy groups -OCH3 is 1. The highest BCUT2D eigenvalue weighted by Gasteiger charge is 2.26. The second-order valence-corrected chi connectivity index (χ2v) is 7.52. The smallest absolute Gasteiger partial charge is 0.258 e. The van der Waals surface area contributed by atoms with Crippen LogP contribution in [0.5, 0.6) is 11.5 Å². The minimum Gasteiger partial charge on any atom is -0.496 e. The highest BCUT2D eigenvalue weighted by Crippen LogP contribution is 2.31. The van der Waals surface area contributed by atoms with Gasteiger partial charge in [-0.2, -0.15) is 0 Å². The number of hydrogen-bond acceptors (Lipinski definition) is 4. The zero-order valence-corrected chi connectivity index (χ0v) is 17.4. The molecule has 7 heteroatoms. The van der Waals surface area contributed by atoms with Crippen LogP contribution < -0.4 is 14.8 Å². The molecule has 1 saturated heterocycles. The molecule has 1 aliphatic heterocycles. The maximum atomic E-state index is 13.1. The van der Waals surface area contributed by atoms with Gasteiger partial charge in [-0.05, 0) is 66.1 Å². The fourth-order valence-corrected chi connectivity index (χ4v) is 3.89. The summed E-state index contributed by atoms with van der Waals surface area (Å²) in [6.45, 7) is 2.32. The van der Waals surface area contributed by atoms with E-state index in [2.05, 4.69) is 26.1 Å². The van der Waals surface area contributed by atoms with Gasteiger partial charge in [0.25, 0.3) is 5.91 Å². The summed E-state index contributed by atoms with van der Waals surface area (Å²) in [5, 5.41) is 2.96. The van der Waals surface area contributed by atoms with Crippen LogP contribution in [0, 0.1) is 5.82 Å². The first-order valence-electron chi connectivity index (χ1n) is 9.30. The Balaban J connectivity index is 1.62. The lowest BCUT2D eigenvalue weighted by molar-refractivity contribution is -0.123. The first-order chi connectivity index (χ1) is 13.6. The van der Waals surface area contributed by atoms with Crippen LogP contribution in [0.3, 0.4) is 0 Å². The monoisotopic (exact) mass is 450 g/mol. The van der Waals surface area contributed by atoms with Crippen LogP contribution in [0.4, 0.5) is 4.39 Å². The molecule has 28 heavy (non-hydrogen) atoms. The van der Waals surface area contributed by atoms with Gasteiger partial charge in [0, 0.05) is 12.1 Å². The van der Waals surface area contributed by atoms with Gasteiger partial charge in [-0.3, -0.25) is 9.69 Å². The Morgan fingerprint density at radius 2 is 1.96 bits per heavy atom. The lowest BCUT2D eigenvalue weighted by atomic mass is 10.0. The fraction of sp³-hybridized carbons (Fsp3) is 0.381. The number of nitrogens with one attached hydrogen (secondary N) is 1. The number of halogens is 2. The van der Waals surface area contributed by atoms with Gasteiger partial charge in [0.2, 0.25) is 0 Å². The first-order valence-corrected chi connectivity index (χ1v) is 10.1. The van der Waals surface area contributed by atoms with Gasteiger partial charge >= 0.3 is 0 Å². The molecule has 1 heterocycles. The molecule has 1 unspecified atom stereocenters. The normalized spacial score (nSPS) is 15.2. The number of carbonyl (C=O) groups is 1. The predicted molar refractivity (Wildman–Crippen MR) is 109 cm³/mol. The molecule has 1 atom stereocenters. The molecule has 0 aromatic heterocycles. The maximum Gasteiger partial charge on any atom is 0.258 e. The number of amides is 1. The van der Waals surface area contributed by atoms with Crippen molar-refractivity contribution >= 4 is 21.8 Å². The van der Waals surface area contributed by atoms with Crippen molar-refractivity contribution in [3.8, 4) is 11.5 Å². The Hall–Kier alpha value is -2.12. The molecule has 0 aliphatic carbocycles. The van der Waals surface area contributed by atoms with Crippen molar-refractivity contribution in [2.45, 2.75) is 18.9 Å². The molecular weight excluding hydrogens is 427 g/mol. The Morgan fingerprint density at radius 3 is 2.68 bits per heavy atom. The van der Waals surface area contributed by atoms with Gasteiger partial charge in [0.15, 0.2) is 6.61 Å². The summed E-state index contributed by atoms with van der Waals surface area (Å²) in [7, 11) is 1.66. The number of carbonyl (C=O) groups excluding carboxylic acids is 1.